The summed E-state index contributed by atoms with van der Waals surface area (Å²) in [7, 11) is 1.56. The summed E-state index contributed by atoms with van der Waals surface area (Å²) in [6, 6.07) is 5.98. The Morgan fingerprint density at radius 3 is 2.60 bits per heavy atom. The Kier molecular flexibility index (Phi) is 10.8. The van der Waals surface area contributed by atoms with E-state index in [0.29, 0.717) is 64.8 Å². The number of carbonyl (C=O) groups is 1. The van der Waals surface area contributed by atoms with Crippen molar-refractivity contribution in [1.29, 1.82) is 0 Å². The maximum absolute atomic E-state index is 14.9. The number of hydrogen-bond acceptors (Lipinski definition) is 9. The summed E-state index contributed by atoms with van der Waals surface area (Å²) in [6.07, 6.45) is 3.75. The van der Waals surface area contributed by atoms with Gasteiger partial charge in [0.05, 0.1) is 24.6 Å². The molecule has 1 aliphatic heterocycles. The maximum atomic E-state index is 14.9. The van der Waals surface area contributed by atoms with E-state index >= 15 is 0 Å². The van der Waals surface area contributed by atoms with Crippen LogP contribution in [0.25, 0.3) is 15.2 Å². The number of carbonyl (C=O) groups excluding carboxylic acids is 1. The van der Waals surface area contributed by atoms with Crippen LogP contribution in [0.2, 0.25) is 0 Å². The van der Waals surface area contributed by atoms with E-state index in [1.807, 2.05) is 20.8 Å². The van der Waals surface area contributed by atoms with Gasteiger partial charge >= 0.3 is 5.69 Å². The summed E-state index contributed by atoms with van der Waals surface area (Å²) in [5.41, 5.74) is -1.60. The molecule has 47 heavy (non-hydrogen) atoms. The molecule has 0 unspecified atom stereocenters. The van der Waals surface area contributed by atoms with E-state index in [0.717, 1.165) is 4.57 Å². The van der Waals surface area contributed by atoms with Crippen molar-refractivity contribution in [2.75, 3.05) is 33.5 Å². The predicted molar refractivity (Wildman–Crippen MR) is 177 cm³/mol. The molecule has 1 aliphatic rings. The van der Waals surface area contributed by atoms with Gasteiger partial charge in [-0.1, -0.05) is 25.2 Å². The lowest BCUT2D eigenvalue weighted by atomic mass is 9.91. The Hall–Kier alpha value is -3.65. The van der Waals surface area contributed by atoms with E-state index < -0.39 is 28.7 Å². The number of ether oxygens (including phenoxy) is 4. The second-order valence-corrected chi connectivity index (χ2v) is 13.7. The first-order valence-electron chi connectivity index (χ1n) is 15.9. The summed E-state index contributed by atoms with van der Waals surface area (Å²) in [5, 5.41) is 5.34. The van der Waals surface area contributed by atoms with Gasteiger partial charge in [-0.15, -0.1) is 0 Å². The van der Waals surface area contributed by atoms with E-state index in [9.17, 15) is 18.8 Å². The zero-order valence-electron chi connectivity index (χ0n) is 27.8. The third-order valence-electron chi connectivity index (χ3n) is 8.47. The van der Waals surface area contributed by atoms with Crippen LogP contribution >= 0.6 is 11.3 Å². The molecule has 0 aliphatic carbocycles. The number of fused-ring (bicyclic) bond motifs is 1. The number of nitrogens with zero attached hydrogens (tertiary/aromatic N) is 4. The molecular weight excluding hydrogens is 627 g/mol. The summed E-state index contributed by atoms with van der Waals surface area (Å²) in [6.45, 7) is 10.3. The van der Waals surface area contributed by atoms with E-state index in [1.54, 1.807) is 50.2 Å². The van der Waals surface area contributed by atoms with Crippen molar-refractivity contribution < 1.29 is 28.1 Å². The molecule has 4 heterocycles. The van der Waals surface area contributed by atoms with Gasteiger partial charge in [0, 0.05) is 50.3 Å². The normalized spacial score (nSPS) is 15.1. The van der Waals surface area contributed by atoms with Crippen molar-refractivity contribution in [3.05, 3.63) is 74.4 Å². The van der Waals surface area contributed by atoms with E-state index in [2.05, 4.69) is 5.10 Å². The van der Waals surface area contributed by atoms with Crippen molar-refractivity contribution >= 4 is 27.3 Å². The second-order valence-electron chi connectivity index (χ2n) is 12.7. The number of benzene rings is 1. The number of Topliss-reactive ketones (excluding diaryl/α,β-unsaturated/α-hetero) is 1. The van der Waals surface area contributed by atoms with Gasteiger partial charge in [0.15, 0.2) is 5.78 Å². The zero-order valence-corrected chi connectivity index (χ0v) is 28.6. The molecule has 0 spiro atoms. The number of aromatic nitrogens is 4. The van der Waals surface area contributed by atoms with Crippen LogP contribution in [-0.4, -0.2) is 64.3 Å². The van der Waals surface area contributed by atoms with Gasteiger partial charge in [-0.05, 0) is 63.8 Å². The largest absolute Gasteiger partial charge is 0.491 e. The Labute approximate surface area is 276 Å². The fraction of sp³-hybridized carbons (Fsp3) is 0.529. The molecule has 0 saturated carbocycles. The Balaban J connectivity index is 1.74. The van der Waals surface area contributed by atoms with Crippen LogP contribution in [0, 0.1) is 18.7 Å². The van der Waals surface area contributed by atoms with E-state index in [4.69, 9.17) is 18.9 Å². The lowest BCUT2D eigenvalue weighted by Crippen LogP contribution is -2.53. The van der Waals surface area contributed by atoms with Crippen LogP contribution in [0.4, 0.5) is 4.39 Å². The quantitative estimate of drug-likeness (QED) is 0.169. The monoisotopic (exact) mass is 670 g/mol. The van der Waals surface area contributed by atoms with Crippen molar-refractivity contribution in [2.24, 2.45) is 5.92 Å². The van der Waals surface area contributed by atoms with Crippen LogP contribution in [0.15, 0.2) is 46.2 Å². The lowest BCUT2D eigenvalue weighted by Gasteiger charge is -2.31. The molecule has 5 rings (SSSR count). The minimum Gasteiger partial charge on any atom is -0.491 e. The maximum Gasteiger partial charge on any atom is 0.333 e. The molecule has 1 aromatic carbocycles. The Bertz CT molecular complexity index is 1820. The highest BCUT2D eigenvalue weighted by molar-refractivity contribution is 7.21. The van der Waals surface area contributed by atoms with E-state index in [-0.39, 0.29) is 37.4 Å². The fourth-order valence-corrected chi connectivity index (χ4v) is 7.15. The fourth-order valence-electron chi connectivity index (χ4n) is 5.90. The third-order valence-corrected chi connectivity index (χ3v) is 9.78. The summed E-state index contributed by atoms with van der Waals surface area (Å²) >= 11 is 1.25. The number of hydrogen-bond donors (Lipinski definition) is 0. The molecule has 1 fully saturated rings. The molecule has 0 bridgehead atoms. The van der Waals surface area contributed by atoms with Crippen molar-refractivity contribution in [2.45, 2.75) is 78.2 Å². The van der Waals surface area contributed by atoms with Crippen molar-refractivity contribution in [3.8, 4) is 10.8 Å². The van der Waals surface area contributed by atoms with Crippen molar-refractivity contribution in [3.63, 3.8) is 0 Å². The number of rotatable bonds is 14. The minimum absolute atomic E-state index is 0.0273. The standard InChI is InChI=1S/C34H43FN4O7S/c1-21(2)18-28(40)34(4,5)39-30(41)29-22(3)31(38-13-7-12-36-38)47-32(29)37(33(39)42)20-27(46-24-10-14-44-15-11-24)25-19-23(35)8-9-26(25)45-17-16-43-6/h7-9,12-13,19,21,24,27H,10-11,14-18,20H2,1-6H3/t27-/m0/s1. The Morgan fingerprint density at radius 2 is 1.94 bits per heavy atom. The summed E-state index contributed by atoms with van der Waals surface area (Å²) in [4.78, 5) is 42.9. The highest BCUT2D eigenvalue weighted by Crippen LogP contribution is 2.36. The van der Waals surface area contributed by atoms with Gasteiger partial charge < -0.3 is 18.9 Å². The SMILES string of the molecule is COCCOc1ccc(F)cc1[C@H](Cn1c(=O)n(C(C)(C)C(=O)CC(C)C)c(=O)c2c(C)c(-n3cccn3)sc21)OC1CCOCC1. The number of thiophene rings is 1. The molecular formula is C34H43FN4O7S. The average Bonchev–Trinajstić information content (AvgIpc) is 3.68. The third kappa shape index (κ3) is 7.28. The van der Waals surface area contributed by atoms with Gasteiger partial charge in [-0.25, -0.2) is 18.4 Å². The molecule has 11 nitrogen and oxygen atoms in total. The molecule has 1 saturated heterocycles. The molecule has 0 radical (unpaired) electrons. The highest BCUT2D eigenvalue weighted by Gasteiger charge is 2.36. The number of methoxy groups -OCH3 is 1. The summed E-state index contributed by atoms with van der Waals surface area (Å²) in [5.74, 6) is -0.299. The number of ketones is 1. The first kappa shape index (κ1) is 34.7. The van der Waals surface area contributed by atoms with Gasteiger partial charge in [-0.3, -0.25) is 14.2 Å². The predicted octanol–water partition coefficient (Wildman–Crippen LogP) is 5.17. The molecule has 3 aromatic heterocycles. The number of halogens is 1. The van der Waals surface area contributed by atoms with Crippen LogP contribution < -0.4 is 16.0 Å². The molecule has 0 amide bonds. The van der Waals surface area contributed by atoms with Crippen molar-refractivity contribution in [1.82, 2.24) is 18.9 Å². The molecule has 0 N–H and O–H groups in total. The average molecular weight is 671 g/mol. The van der Waals surface area contributed by atoms with E-state index in [1.165, 1.54) is 28.0 Å². The first-order chi connectivity index (χ1) is 22.4. The second kappa shape index (κ2) is 14.6. The zero-order chi connectivity index (χ0) is 33.9. The topological polar surface area (TPSA) is 116 Å². The first-order valence-corrected chi connectivity index (χ1v) is 16.7. The summed E-state index contributed by atoms with van der Waals surface area (Å²) < 4.78 is 42.5. The Morgan fingerprint density at radius 1 is 1.19 bits per heavy atom. The van der Waals surface area contributed by atoms with Gasteiger partial charge in [0.1, 0.15) is 39.6 Å². The lowest BCUT2D eigenvalue weighted by molar-refractivity contribution is -0.127. The van der Waals surface area contributed by atoms with Crippen LogP contribution in [0.1, 0.15) is 64.2 Å². The van der Waals surface area contributed by atoms with Crippen LogP contribution in [-0.2, 0) is 31.1 Å². The minimum atomic E-state index is -1.45. The van der Waals surface area contributed by atoms with Gasteiger partial charge in [-0.2, -0.15) is 5.10 Å². The van der Waals surface area contributed by atoms with Gasteiger partial charge in [0.2, 0.25) is 0 Å². The molecule has 4 aromatic rings. The number of aryl methyl sites for hydroxylation is 1. The molecule has 254 valence electrons. The van der Waals surface area contributed by atoms with Crippen LogP contribution in [0.3, 0.4) is 0 Å². The molecule has 1 atom stereocenters. The highest BCUT2D eigenvalue weighted by atomic mass is 32.1. The van der Waals surface area contributed by atoms with Gasteiger partial charge in [0.25, 0.3) is 5.56 Å². The smallest absolute Gasteiger partial charge is 0.333 e. The van der Waals surface area contributed by atoms with Crippen LogP contribution in [0.5, 0.6) is 5.75 Å². The molecule has 13 heteroatoms.